The van der Waals surface area contributed by atoms with Crippen LogP contribution < -0.4 is 11.2 Å². The van der Waals surface area contributed by atoms with E-state index in [2.05, 4.69) is 0 Å². The molecule has 1 N–H and O–H groups in total. The van der Waals surface area contributed by atoms with Gasteiger partial charge < -0.3 is 9.84 Å². The quantitative estimate of drug-likeness (QED) is 0.713. The van der Waals surface area contributed by atoms with Crippen LogP contribution in [-0.4, -0.2) is 26.4 Å². The van der Waals surface area contributed by atoms with Gasteiger partial charge in [-0.1, -0.05) is 30.3 Å². The van der Waals surface area contributed by atoms with E-state index in [1.807, 2.05) is 44.2 Å². The summed E-state index contributed by atoms with van der Waals surface area (Å²) in [5.74, 6) is 0. The van der Waals surface area contributed by atoms with E-state index in [9.17, 15) is 14.7 Å². The van der Waals surface area contributed by atoms with Crippen molar-refractivity contribution >= 4 is 21.6 Å². The summed E-state index contributed by atoms with van der Waals surface area (Å²) in [5, 5.41) is 10.00. The number of aromatic nitrogens is 2. The minimum atomic E-state index is -0.360. The molecule has 148 valence electrons. The zero-order chi connectivity index (χ0) is 19.9. The summed E-state index contributed by atoms with van der Waals surface area (Å²) in [4.78, 5) is 27.9. The summed E-state index contributed by atoms with van der Waals surface area (Å²) in [5.41, 5.74) is 1.11. The highest BCUT2D eigenvalue weighted by atomic mass is 32.1. The lowest BCUT2D eigenvalue weighted by atomic mass is 9.94. The van der Waals surface area contributed by atoms with Crippen molar-refractivity contribution in [1.29, 1.82) is 0 Å². The topological polar surface area (TPSA) is 73.5 Å². The molecular weight excluding hydrogens is 376 g/mol. The van der Waals surface area contributed by atoms with E-state index >= 15 is 0 Å². The maximum atomic E-state index is 13.1. The van der Waals surface area contributed by atoms with Crippen LogP contribution in [0.4, 0.5) is 0 Å². The Morgan fingerprint density at radius 1 is 1.14 bits per heavy atom. The SMILES string of the molecule is CC1(C)Cc2c(sc3c2c(=O)n(CCO)c(=O)n3CCc2ccccc2)CO1. The number of aliphatic hydroxyl groups is 1. The standard InChI is InChI=1S/C21H24N2O4S/c1-21(2)12-15-16(13-27-21)28-19-17(15)18(25)22(10-11-24)20(26)23(19)9-8-14-6-4-3-5-7-14/h3-7,24H,8-13H2,1-2H3. The summed E-state index contributed by atoms with van der Waals surface area (Å²) in [6.45, 7) is 4.71. The zero-order valence-electron chi connectivity index (χ0n) is 16.1. The molecule has 3 aromatic rings. The fraction of sp³-hybridized carbons (Fsp3) is 0.429. The van der Waals surface area contributed by atoms with Gasteiger partial charge in [0.2, 0.25) is 0 Å². The first-order chi connectivity index (χ1) is 13.4. The lowest BCUT2D eigenvalue weighted by molar-refractivity contribution is -0.0379. The highest BCUT2D eigenvalue weighted by Gasteiger charge is 2.31. The van der Waals surface area contributed by atoms with Gasteiger partial charge in [-0.05, 0) is 31.4 Å². The molecule has 28 heavy (non-hydrogen) atoms. The first-order valence-corrected chi connectivity index (χ1v) is 10.3. The van der Waals surface area contributed by atoms with Crippen molar-refractivity contribution in [3.05, 3.63) is 67.2 Å². The second-order valence-electron chi connectivity index (χ2n) is 7.76. The van der Waals surface area contributed by atoms with Crippen LogP contribution >= 0.6 is 11.3 Å². The maximum Gasteiger partial charge on any atom is 0.332 e. The van der Waals surface area contributed by atoms with Crippen molar-refractivity contribution in [2.75, 3.05) is 6.61 Å². The fourth-order valence-electron chi connectivity index (χ4n) is 3.78. The molecule has 0 bridgehead atoms. The van der Waals surface area contributed by atoms with Crippen molar-refractivity contribution in [3.63, 3.8) is 0 Å². The molecule has 4 rings (SSSR count). The number of nitrogens with zero attached hydrogens (tertiary/aromatic N) is 2. The average Bonchev–Trinajstić information content (AvgIpc) is 3.03. The molecule has 6 nitrogen and oxygen atoms in total. The summed E-state index contributed by atoms with van der Waals surface area (Å²) in [6.07, 6.45) is 1.32. The van der Waals surface area contributed by atoms with Gasteiger partial charge in [0.1, 0.15) is 4.83 Å². The van der Waals surface area contributed by atoms with Crippen LogP contribution in [0.2, 0.25) is 0 Å². The summed E-state index contributed by atoms with van der Waals surface area (Å²) >= 11 is 1.48. The van der Waals surface area contributed by atoms with Crippen molar-refractivity contribution in [2.45, 2.75) is 52.0 Å². The number of thiophene rings is 1. The minimum Gasteiger partial charge on any atom is -0.395 e. The highest BCUT2D eigenvalue weighted by molar-refractivity contribution is 7.18. The van der Waals surface area contributed by atoms with Crippen molar-refractivity contribution in [3.8, 4) is 0 Å². The predicted molar refractivity (Wildman–Crippen MR) is 110 cm³/mol. The smallest absolute Gasteiger partial charge is 0.332 e. The minimum absolute atomic E-state index is 0.00343. The van der Waals surface area contributed by atoms with Gasteiger partial charge in [-0.2, -0.15) is 0 Å². The Balaban J connectivity index is 1.89. The summed E-state index contributed by atoms with van der Waals surface area (Å²) in [7, 11) is 0. The van der Waals surface area contributed by atoms with E-state index in [1.54, 1.807) is 4.57 Å². The van der Waals surface area contributed by atoms with Crippen molar-refractivity contribution in [2.24, 2.45) is 0 Å². The Hall–Kier alpha value is -2.22. The number of rotatable bonds is 5. The third kappa shape index (κ3) is 3.34. The van der Waals surface area contributed by atoms with Gasteiger partial charge in [0.25, 0.3) is 5.56 Å². The van der Waals surface area contributed by atoms with Crippen molar-refractivity contribution < 1.29 is 9.84 Å². The van der Waals surface area contributed by atoms with Gasteiger partial charge >= 0.3 is 5.69 Å². The molecule has 0 saturated carbocycles. The molecule has 1 aliphatic heterocycles. The van der Waals surface area contributed by atoms with E-state index in [1.165, 1.54) is 15.9 Å². The normalized spacial score (nSPS) is 15.7. The van der Waals surface area contributed by atoms with Gasteiger partial charge in [-0.3, -0.25) is 13.9 Å². The largest absolute Gasteiger partial charge is 0.395 e. The Bertz CT molecular complexity index is 1130. The average molecular weight is 401 g/mol. The van der Waals surface area contributed by atoms with Crippen LogP contribution in [-0.2, 0) is 37.3 Å². The van der Waals surface area contributed by atoms with Crippen molar-refractivity contribution in [1.82, 2.24) is 9.13 Å². The van der Waals surface area contributed by atoms with Crippen LogP contribution in [0.25, 0.3) is 10.2 Å². The second-order valence-corrected chi connectivity index (χ2v) is 8.84. The van der Waals surface area contributed by atoms with E-state index in [-0.39, 0.29) is 30.0 Å². The Kier molecular flexibility index (Phi) is 4.99. The lowest BCUT2D eigenvalue weighted by Crippen LogP contribution is -2.41. The first-order valence-electron chi connectivity index (χ1n) is 9.48. The second kappa shape index (κ2) is 7.31. The van der Waals surface area contributed by atoms with Crippen LogP contribution in [0, 0.1) is 0 Å². The fourth-order valence-corrected chi connectivity index (χ4v) is 5.02. The first kappa shape index (κ1) is 19.1. The van der Waals surface area contributed by atoms with Gasteiger partial charge in [0.15, 0.2) is 0 Å². The molecule has 0 atom stereocenters. The highest BCUT2D eigenvalue weighted by Crippen LogP contribution is 2.37. The molecule has 7 heteroatoms. The van der Waals surface area contributed by atoms with Gasteiger partial charge in [-0.25, -0.2) is 4.79 Å². The van der Waals surface area contributed by atoms with E-state index in [0.717, 1.165) is 16.0 Å². The summed E-state index contributed by atoms with van der Waals surface area (Å²) < 4.78 is 8.77. The monoisotopic (exact) mass is 400 g/mol. The molecule has 0 fully saturated rings. The molecule has 1 aliphatic rings. The van der Waals surface area contributed by atoms with Crippen LogP contribution in [0.5, 0.6) is 0 Å². The number of hydrogen-bond acceptors (Lipinski definition) is 5. The third-order valence-electron chi connectivity index (χ3n) is 5.23. The van der Waals surface area contributed by atoms with Gasteiger partial charge in [0.05, 0.1) is 30.7 Å². The number of aliphatic hydroxyl groups excluding tert-OH is 1. The number of ether oxygens (including phenoxy) is 1. The van der Waals surface area contributed by atoms with Crippen LogP contribution in [0.3, 0.4) is 0 Å². The molecule has 2 aromatic heterocycles. The molecule has 1 aromatic carbocycles. The summed E-state index contributed by atoms with van der Waals surface area (Å²) in [6, 6.07) is 9.97. The Morgan fingerprint density at radius 3 is 2.61 bits per heavy atom. The number of benzene rings is 1. The predicted octanol–water partition coefficient (Wildman–Crippen LogP) is 2.31. The van der Waals surface area contributed by atoms with Crippen LogP contribution in [0.15, 0.2) is 39.9 Å². The molecule has 0 amide bonds. The molecule has 0 aliphatic carbocycles. The third-order valence-corrected chi connectivity index (χ3v) is 6.45. The zero-order valence-corrected chi connectivity index (χ0v) is 16.9. The maximum absolute atomic E-state index is 13.1. The number of hydrogen-bond donors (Lipinski definition) is 1. The van der Waals surface area contributed by atoms with E-state index in [4.69, 9.17) is 4.74 Å². The lowest BCUT2D eigenvalue weighted by Gasteiger charge is -2.29. The molecule has 3 heterocycles. The molecule has 0 spiro atoms. The molecular formula is C21H24N2O4S. The molecule has 0 radical (unpaired) electrons. The van der Waals surface area contributed by atoms with E-state index < -0.39 is 0 Å². The number of aryl methyl sites for hydroxylation is 2. The van der Waals surface area contributed by atoms with E-state index in [0.29, 0.717) is 36.2 Å². The molecule has 0 unspecified atom stereocenters. The Morgan fingerprint density at radius 2 is 1.89 bits per heavy atom. The van der Waals surface area contributed by atoms with Gasteiger partial charge in [-0.15, -0.1) is 11.3 Å². The Labute approximate surface area is 166 Å². The van der Waals surface area contributed by atoms with Crippen LogP contribution in [0.1, 0.15) is 29.9 Å². The number of fused-ring (bicyclic) bond motifs is 3. The molecule has 0 saturated heterocycles. The van der Waals surface area contributed by atoms with Gasteiger partial charge in [0, 0.05) is 17.8 Å².